The van der Waals surface area contributed by atoms with E-state index >= 15 is 0 Å². The molecule has 0 aromatic rings. The van der Waals surface area contributed by atoms with Crippen LogP contribution in [0.4, 0.5) is 0 Å². The highest BCUT2D eigenvalue weighted by Crippen LogP contribution is 2.24. The molecule has 1 aliphatic heterocycles. The van der Waals surface area contributed by atoms with Gasteiger partial charge in [-0.05, 0) is 39.2 Å². The van der Waals surface area contributed by atoms with Crippen molar-refractivity contribution in [2.75, 3.05) is 26.2 Å². The van der Waals surface area contributed by atoms with E-state index in [1.54, 1.807) is 0 Å². The van der Waals surface area contributed by atoms with Crippen LogP contribution in [0, 0.1) is 5.41 Å². The number of carbonyl (C=O) groups is 1. The first-order chi connectivity index (χ1) is 9.09. The molecule has 0 aliphatic carbocycles. The monoisotopic (exact) mass is 269 g/mol. The Kier molecular flexibility index (Phi) is 6.80. The van der Waals surface area contributed by atoms with Gasteiger partial charge in [0.05, 0.1) is 5.41 Å². The van der Waals surface area contributed by atoms with Gasteiger partial charge in [0.15, 0.2) is 0 Å². The molecule has 0 aromatic heterocycles. The number of hydrogen-bond donors (Lipinski definition) is 2. The van der Waals surface area contributed by atoms with Crippen LogP contribution in [0.3, 0.4) is 0 Å². The van der Waals surface area contributed by atoms with Crippen molar-refractivity contribution in [1.29, 1.82) is 0 Å². The van der Waals surface area contributed by atoms with Gasteiger partial charge < -0.3 is 11.1 Å². The van der Waals surface area contributed by atoms with Crippen molar-refractivity contribution < 1.29 is 4.79 Å². The number of likely N-dealkylation sites (tertiary alicyclic amines) is 1. The van der Waals surface area contributed by atoms with E-state index in [0.717, 1.165) is 25.9 Å². The fourth-order valence-electron chi connectivity index (χ4n) is 2.94. The number of nitrogens with two attached hydrogens (primary N) is 1. The lowest BCUT2D eigenvalue weighted by Gasteiger charge is -2.34. The zero-order valence-electron chi connectivity index (χ0n) is 12.9. The fourth-order valence-corrected chi connectivity index (χ4v) is 2.94. The molecule has 4 nitrogen and oxygen atoms in total. The maximum Gasteiger partial charge on any atom is 0.227 e. The summed E-state index contributed by atoms with van der Waals surface area (Å²) < 4.78 is 0. The molecule has 1 heterocycles. The molecule has 1 unspecified atom stereocenters. The summed E-state index contributed by atoms with van der Waals surface area (Å²) in [4.78, 5) is 14.7. The Morgan fingerprint density at radius 3 is 2.58 bits per heavy atom. The smallest absolute Gasteiger partial charge is 0.227 e. The normalized spacial score (nSPS) is 21.4. The molecule has 1 saturated heterocycles. The second kappa shape index (κ2) is 7.85. The second-order valence-corrected chi connectivity index (χ2v) is 5.83. The number of nitrogens with one attached hydrogen (secondary N) is 1. The van der Waals surface area contributed by atoms with Gasteiger partial charge in [-0.1, -0.05) is 20.3 Å². The van der Waals surface area contributed by atoms with Crippen molar-refractivity contribution in [2.45, 2.75) is 58.9 Å². The van der Waals surface area contributed by atoms with Crippen molar-refractivity contribution in [3.05, 3.63) is 0 Å². The van der Waals surface area contributed by atoms with Crippen LogP contribution < -0.4 is 11.1 Å². The molecule has 0 radical (unpaired) electrons. The number of hydrogen-bond acceptors (Lipinski definition) is 3. The third-order valence-corrected chi connectivity index (χ3v) is 4.85. The first kappa shape index (κ1) is 16.4. The molecule has 1 fully saturated rings. The molecule has 0 bridgehead atoms. The molecule has 3 N–H and O–H groups in total. The first-order valence-electron chi connectivity index (χ1n) is 7.82. The molecular weight excluding hydrogens is 238 g/mol. The quantitative estimate of drug-likeness (QED) is 0.740. The summed E-state index contributed by atoms with van der Waals surface area (Å²) in [5.41, 5.74) is 5.43. The van der Waals surface area contributed by atoms with E-state index in [1.807, 2.05) is 13.8 Å². The van der Waals surface area contributed by atoms with Gasteiger partial charge in [-0.15, -0.1) is 0 Å². The molecule has 1 rings (SSSR count). The van der Waals surface area contributed by atoms with Crippen molar-refractivity contribution in [1.82, 2.24) is 10.2 Å². The van der Waals surface area contributed by atoms with Crippen LogP contribution in [0.1, 0.15) is 52.9 Å². The van der Waals surface area contributed by atoms with Crippen LogP contribution in [-0.2, 0) is 4.79 Å². The third kappa shape index (κ3) is 4.18. The molecule has 1 atom stereocenters. The van der Waals surface area contributed by atoms with E-state index in [1.165, 1.54) is 25.8 Å². The molecular formula is C15H31N3O. The van der Waals surface area contributed by atoms with Crippen LogP contribution in [0.2, 0.25) is 0 Å². The molecule has 19 heavy (non-hydrogen) atoms. The summed E-state index contributed by atoms with van der Waals surface area (Å²) in [7, 11) is 0. The van der Waals surface area contributed by atoms with E-state index in [4.69, 9.17) is 5.73 Å². The predicted molar refractivity (Wildman–Crippen MR) is 80.0 cm³/mol. The van der Waals surface area contributed by atoms with E-state index < -0.39 is 0 Å². The lowest BCUT2D eigenvalue weighted by atomic mass is 9.81. The zero-order chi connectivity index (χ0) is 14.3. The summed E-state index contributed by atoms with van der Waals surface area (Å²) >= 11 is 0. The van der Waals surface area contributed by atoms with Crippen LogP contribution in [0.5, 0.6) is 0 Å². The highest BCUT2D eigenvalue weighted by Gasteiger charge is 2.33. The van der Waals surface area contributed by atoms with E-state index in [0.29, 0.717) is 12.6 Å². The average Bonchev–Trinajstić information content (AvgIpc) is 2.43. The predicted octanol–water partition coefficient (Wildman–Crippen LogP) is 1.74. The minimum absolute atomic E-state index is 0.129. The molecule has 0 saturated carbocycles. The number of amides is 1. The molecule has 0 spiro atoms. The van der Waals surface area contributed by atoms with Gasteiger partial charge in [-0.2, -0.15) is 0 Å². The van der Waals surface area contributed by atoms with Gasteiger partial charge in [0.2, 0.25) is 5.91 Å². The van der Waals surface area contributed by atoms with Crippen LogP contribution in [0.15, 0.2) is 0 Å². The maximum absolute atomic E-state index is 12.3. The first-order valence-corrected chi connectivity index (χ1v) is 7.82. The highest BCUT2D eigenvalue weighted by molar-refractivity contribution is 5.82. The fraction of sp³-hybridized carbons (Fsp3) is 0.933. The Balaban J connectivity index is 2.37. The lowest BCUT2D eigenvalue weighted by molar-refractivity contribution is -0.131. The Morgan fingerprint density at radius 1 is 1.37 bits per heavy atom. The van der Waals surface area contributed by atoms with Crippen molar-refractivity contribution >= 4 is 5.91 Å². The molecule has 112 valence electrons. The number of carbonyl (C=O) groups excluding carboxylic acids is 1. The summed E-state index contributed by atoms with van der Waals surface area (Å²) in [5, 5.41) is 3.08. The summed E-state index contributed by atoms with van der Waals surface area (Å²) in [6.45, 7) is 9.67. The average molecular weight is 269 g/mol. The van der Waals surface area contributed by atoms with Gasteiger partial charge in [0.25, 0.3) is 0 Å². The Bertz CT molecular complexity index is 268. The van der Waals surface area contributed by atoms with Crippen LogP contribution in [-0.4, -0.2) is 43.0 Å². The second-order valence-electron chi connectivity index (χ2n) is 5.83. The standard InChI is InChI=1S/C15H31N3O/c1-4-15(5-2,12-16)14(19)17-9-11-18-10-7-6-8-13(18)3/h13H,4-12,16H2,1-3H3,(H,17,19). The summed E-state index contributed by atoms with van der Waals surface area (Å²) in [6.07, 6.45) is 5.53. The Hall–Kier alpha value is -0.610. The minimum atomic E-state index is -0.368. The van der Waals surface area contributed by atoms with Gasteiger partial charge in [-0.25, -0.2) is 0 Å². The largest absolute Gasteiger partial charge is 0.354 e. The molecule has 1 amide bonds. The SMILES string of the molecule is CCC(CC)(CN)C(=O)NCCN1CCCCC1C. The van der Waals surface area contributed by atoms with Crippen molar-refractivity contribution in [3.8, 4) is 0 Å². The van der Waals surface area contributed by atoms with Gasteiger partial charge in [-0.3, -0.25) is 9.69 Å². The summed E-state index contributed by atoms with van der Waals surface area (Å²) in [5.74, 6) is 0.129. The van der Waals surface area contributed by atoms with Crippen LogP contribution in [0.25, 0.3) is 0 Å². The van der Waals surface area contributed by atoms with Crippen molar-refractivity contribution in [2.24, 2.45) is 11.1 Å². The third-order valence-electron chi connectivity index (χ3n) is 4.85. The van der Waals surface area contributed by atoms with E-state index in [-0.39, 0.29) is 11.3 Å². The minimum Gasteiger partial charge on any atom is -0.354 e. The molecule has 4 heteroatoms. The van der Waals surface area contributed by atoms with Gasteiger partial charge >= 0.3 is 0 Å². The van der Waals surface area contributed by atoms with E-state index in [9.17, 15) is 4.79 Å². The zero-order valence-corrected chi connectivity index (χ0v) is 12.9. The number of piperidine rings is 1. The Labute approximate surface area is 118 Å². The lowest BCUT2D eigenvalue weighted by Crippen LogP contribution is -2.48. The molecule has 0 aromatic carbocycles. The number of nitrogens with zero attached hydrogens (tertiary/aromatic N) is 1. The van der Waals surface area contributed by atoms with Crippen molar-refractivity contribution in [3.63, 3.8) is 0 Å². The maximum atomic E-state index is 12.3. The van der Waals surface area contributed by atoms with Gasteiger partial charge in [0.1, 0.15) is 0 Å². The summed E-state index contributed by atoms with van der Waals surface area (Å²) in [6, 6.07) is 0.655. The van der Waals surface area contributed by atoms with Gasteiger partial charge in [0, 0.05) is 25.7 Å². The van der Waals surface area contributed by atoms with Crippen LogP contribution >= 0.6 is 0 Å². The topological polar surface area (TPSA) is 58.4 Å². The Morgan fingerprint density at radius 2 is 2.05 bits per heavy atom. The number of rotatable bonds is 7. The molecule has 1 aliphatic rings. The highest BCUT2D eigenvalue weighted by atomic mass is 16.2. The van der Waals surface area contributed by atoms with E-state index in [2.05, 4.69) is 17.1 Å².